The largest absolute Gasteiger partial charge is 0.461 e. The molecule has 1 atom stereocenters. The van der Waals surface area contributed by atoms with Crippen LogP contribution in [-0.4, -0.2) is 42.3 Å². The second-order valence-corrected chi connectivity index (χ2v) is 5.00. The number of likely N-dealkylation sites (N-methyl/N-ethyl adjacent to an activating group) is 1. The quantitative estimate of drug-likeness (QED) is 0.712. The van der Waals surface area contributed by atoms with Crippen molar-refractivity contribution in [2.45, 2.75) is 52.7 Å². The van der Waals surface area contributed by atoms with Crippen molar-refractivity contribution in [2.24, 2.45) is 0 Å². The first kappa shape index (κ1) is 15.7. The number of carbonyl (C=O) groups is 2. The van der Waals surface area contributed by atoms with Gasteiger partial charge in [0.15, 0.2) is 0 Å². The molecule has 0 spiro atoms. The summed E-state index contributed by atoms with van der Waals surface area (Å²) in [6.07, 6.45) is -0.0414. The molecule has 0 fully saturated rings. The van der Waals surface area contributed by atoms with Crippen LogP contribution < -0.4 is 0 Å². The van der Waals surface area contributed by atoms with Crippen LogP contribution in [0, 0.1) is 0 Å². The summed E-state index contributed by atoms with van der Waals surface area (Å²) in [6, 6.07) is 0. The monoisotopic (exact) mass is 245 g/mol. The van der Waals surface area contributed by atoms with E-state index in [2.05, 4.69) is 0 Å². The van der Waals surface area contributed by atoms with Gasteiger partial charge in [-0.25, -0.2) is 4.79 Å². The summed E-state index contributed by atoms with van der Waals surface area (Å²) in [7, 11) is 1.63. The average molecular weight is 245 g/mol. The number of amides is 1. The van der Waals surface area contributed by atoms with Crippen molar-refractivity contribution in [3.8, 4) is 0 Å². The summed E-state index contributed by atoms with van der Waals surface area (Å²) in [4.78, 5) is 23.9. The lowest BCUT2D eigenvalue weighted by molar-refractivity contribution is -0.147. The van der Waals surface area contributed by atoms with Crippen LogP contribution >= 0.6 is 0 Å². The van der Waals surface area contributed by atoms with E-state index in [9.17, 15) is 9.59 Å². The summed E-state index contributed by atoms with van der Waals surface area (Å²) in [5.74, 6) is -0.338. The molecule has 0 aliphatic rings. The maximum atomic E-state index is 11.7. The van der Waals surface area contributed by atoms with E-state index in [1.165, 1.54) is 11.8 Å². The van der Waals surface area contributed by atoms with Crippen LogP contribution in [0.25, 0.3) is 0 Å². The number of esters is 1. The van der Waals surface area contributed by atoms with E-state index < -0.39 is 11.7 Å². The molecule has 0 heterocycles. The normalized spacial score (nSPS) is 12.8. The van der Waals surface area contributed by atoms with E-state index in [0.717, 1.165) is 0 Å². The Balaban J connectivity index is 4.26. The van der Waals surface area contributed by atoms with Gasteiger partial charge in [0, 0.05) is 14.0 Å². The smallest absolute Gasteiger partial charge is 0.410 e. The van der Waals surface area contributed by atoms with Crippen LogP contribution in [0.3, 0.4) is 0 Å². The zero-order valence-corrected chi connectivity index (χ0v) is 11.6. The highest BCUT2D eigenvalue weighted by Crippen LogP contribution is 2.10. The molecule has 5 nitrogen and oxygen atoms in total. The van der Waals surface area contributed by atoms with Gasteiger partial charge in [0.05, 0.1) is 6.54 Å². The molecule has 0 radical (unpaired) electrons. The number of hydrogen-bond acceptors (Lipinski definition) is 4. The lowest BCUT2D eigenvalue weighted by atomic mass is 10.2. The van der Waals surface area contributed by atoms with Crippen molar-refractivity contribution in [1.82, 2.24) is 4.90 Å². The second kappa shape index (κ2) is 6.47. The minimum absolute atomic E-state index is 0.287. The molecule has 17 heavy (non-hydrogen) atoms. The molecule has 0 N–H and O–H groups in total. The van der Waals surface area contributed by atoms with Crippen molar-refractivity contribution in [1.29, 1.82) is 0 Å². The van der Waals surface area contributed by atoms with E-state index in [1.54, 1.807) is 7.05 Å². The maximum absolute atomic E-state index is 11.7. The van der Waals surface area contributed by atoms with Crippen molar-refractivity contribution in [3.63, 3.8) is 0 Å². The average Bonchev–Trinajstić information content (AvgIpc) is 2.13. The molecule has 0 saturated carbocycles. The molecule has 0 aromatic rings. The van der Waals surface area contributed by atoms with Gasteiger partial charge in [-0.05, 0) is 27.2 Å². The highest BCUT2D eigenvalue weighted by molar-refractivity contribution is 5.68. The molecule has 1 amide bonds. The SMILES string of the molecule is CCC(CN(C)C(=O)OC(C)(C)C)OC(C)=O. The standard InChI is InChI=1S/C12H23NO4/c1-7-10(16-9(2)14)8-13(6)11(15)17-12(3,4)5/h10H,7-8H2,1-6H3. The summed E-state index contributed by atoms with van der Waals surface area (Å²) >= 11 is 0. The highest BCUT2D eigenvalue weighted by Gasteiger charge is 2.22. The van der Waals surface area contributed by atoms with E-state index in [-0.39, 0.29) is 12.1 Å². The molecule has 0 rings (SSSR count). The molecular formula is C12H23NO4. The Morgan fingerprint density at radius 2 is 1.82 bits per heavy atom. The Kier molecular flexibility index (Phi) is 5.99. The molecule has 5 heteroatoms. The highest BCUT2D eigenvalue weighted by atomic mass is 16.6. The summed E-state index contributed by atoms with van der Waals surface area (Å²) in [6.45, 7) is 9.02. The Morgan fingerprint density at radius 3 is 2.18 bits per heavy atom. The molecule has 0 saturated heterocycles. The van der Waals surface area contributed by atoms with E-state index in [1.807, 2.05) is 27.7 Å². The summed E-state index contributed by atoms with van der Waals surface area (Å²) < 4.78 is 10.3. The van der Waals surface area contributed by atoms with Crippen molar-refractivity contribution < 1.29 is 19.1 Å². The van der Waals surface area contributed by atoms with Gasteiger partial charge in [-0.1, -0.05) is 6.92 Å². The van der Waals surface area contributed by atoms with Gasteiger partial charge >= 0.3 is 12.1 Å². The topological polar surface area (TPSA) is 55.8 Å². The Hall–Kier alpha value is -1.26. The van der Waals surface area contributed by atoms with Crippen LogP contribution in [0.2, 0.25) is 0 Å². The van der Waals surface area contributed by atoms with Gasteiger partial charge in [0.25, 0.3) is 0 Å². The fraction of sp³-hybridized carbons (Fsp3) is 0.833. The fourth-order valence-electron chi connectivity index (χ4n) is 1.20. The molecule has 100 valence electrons. The number of carbonyl (C=O) groups excluding carboxylic acids is 2. The molecule has 0 bridgehead atoms. The van der Waals surface area contributed by atoms with Crippen molar-refractivity contribution >= 4 is 12.1 Å². The van der Waals surface area contributed by atoms with Gasteiger partial charge in [-0.2, -0.15) is 0 Å². The Labute approximate surface area is 103 Å². The first-order valence-corrected chi connectivity index (χ1v) is 5.77. The zero-order valence-electron chi connectivity index (χ0n) is 11.6. The third-order valence-electron chi connectivity index (χ3n) is 1.97. The molecule has 0 aliphatic carbocycles. The third kappa shape index (κ3) is 7.60. The predicted octanol–water partition coefficient (Wildman–Crippen LogP) is 2.20. The lowest BCUT2D eigenvalue weighted by Crippen LogP contribution is -2.39. The third-order valence-corrected chi connectivity index (χ3v) is 1.97. The Morgan fingerprint density at radius 1 is 1.29 bits per heavy atom. The first-order valence-electron chi connectivity index (χ1n) is 5.77. The van der Waals surface area contributed by atoms with Crippen LogP contribution in [0.1, 0.15) is 41.0 Å². The number of rotatable bonds is 4. The molecular weight excluding hydrogens is 222 g/mol. The van der Waals surface area contributed by atoms with Crippen molar-refractivity contribution in [2.75, 3.05) is 13.6 Å². The lowest BCUT2D eigenvalue weighted by Gasteiger charge is -2.27. The molecule has 0 aromatic carbocycles. The van der Waals surface area contributed by atoms with Crippen LogP contribution in [-0.2, 0) is 14.3 Å². The minimum Gasteiger partial charge on any atom is -0.461 e. The van der Waals surface area contributed by atoms with Crippen molar-refractivity contribution in [3.05, 3.63) is 0 Å². The second-order valence-electron chi connectivity index (χ2n) is 5.00. The number of nitrogens with zero attached hydrogens (tertiary/aromatic N) is 1. The van der Waals surface area contributed by atoms with E-state index in [0.29, 0.717) is 13.0 Å². The molecule has 0 aliphatic heterocycles. The van der Waals surface area contributed by atoms with E-state index >= 15 is 0 Å². The first-order chi connectivity index (χ1) is 7.65. The van der Waals surface area contributed by atoms with Gasteiger partial charge < -0.3 is 14.4 Å². The maximum Gasteiger partial charge on any atom is 0.410 e. The van der Waals surface area contributed by atoms with Crippen LogP contribution in [0.15, 0.2) is 0 Å². The zero-order chi connectivity index (χ0) is 13.6. The minimum atomic E-state index is -0.519. The summed E-state index contributed by atoms with van der Waals surface area (Å²) in [5, 5.41) is 0. The molecule has 0 aromatic heterocycles. The summed E-state index contributed by atoms with van der Waals surface area (Å²) in [5.41, 5.74) is -0.519. The van der Waals surface area contributed by atoms with E-state index in [4.69, 9.17) is 9.47 Å². The fourth-order valence-corrected chi connectivity index (χ4v) is 1.20. The molecule has 1 unspecified atom stereocenters. The van der Waals surface area contributed by atoms with Gasteiger partial charge in [-0.3, -0.25) is 4.79 Å². The number of ether oxygens (including phenoxy) is 2. The van der Waals surface area contributed by atoms with Gasteiger partial charge in [-0.15, -0.1) is 0 Å². The van der Waals surface area contributed by atoms with Gasteiger partial charge in [0.2, 0.25) is 0 Å². The number of hydrogen-bond donors (Lipinski definition) is 0. The van der Waals surface area contributed by atoms with Gasteiger partial charge in [0.1, 0.15) is 11.7 Å². The van der Waals surface area contributed by atoms with Crippen LogP contribution in [0.4, 0.5) is 4.79 Å². The van der Waals surface area contributed by atoms with Crippen LogP contribution in [0.5, 0.6) is 0 Å². The Bertz CT molecular complexity index is 270. The predicted molar refractivity (Wildman–Crippen MR) is 64.7 cm³/mol.